The number of morpholine rings is 1. The minimum atomic E-state index is -0.487. The third-order valence-electron chi connectivity index (χ3n) is 3.12. The van der Waals surface area contributed by atoms with E-state index in [4.69, 9.17) is 15.2 Å². The molecule has 1 aliphatic rings. The number of nitrogens with zero attached hydrogens (tertiary/aromatic N) is 2. The molecule has 1 aliphatic heterocycles. The van der Waals surface area contributed by atoms with Gasteiger partial charge < -0.3 is 25.2 Å². The Balaban J connectivity index is 2.33. The molecule has 2 unspecified atom stereocenters. The van der Waals surface area contributed by atoms with Crippen LogP contribution >= 0.6 is 0 Å². The quantitative estimate of drug-likeness (QED) is 0.755. The van der Waals surface area contributed by atoms with Crippen LogP contribution in [0.4, 0.5) is 11.5 Å². The minimum Gasteiger partial charge on any atom is -0.465 e. The number of aromatic nitrogens is 1. The number of aliphatic hydroxyl groups excluding tert-OH is 1. The third-order valence-corrected chi connectivity index (χ3v) is 3.12. The van der Waals surface area contributed by atoms with Crippen LogP contribution in [-0.4, -0.2) is 55.1 Å². The lowest BCUT2D eigenvalue weighted by Gasteiger charge is -2.37. The molecule has 1 saturated heterocycles. The van der Waals surface area contributed by atoms with Crippen molar-refractivity contribution in [2.45, 2.75) is 19.1 Å². The highest BCUT2D eigenvalue weighted by atomic mass is 16.5. The van der Waals surface area contributed by atoms with Gasteiger partial charge in [0.2, 0.25) is 0 Å². The zero-order valence-corrected chi connectivity index (χ0v) is 11.6. The summed E-state index contributed by atoms with van der Waals surface area (Å²) in [6, 6.07) is 1.54. The van der Waals surface area contributed by atoms with Crippen molar-refractivity contribution in [1.29, 1.82) is 0 Å². The molecule has 7 nitrogen and oxygen atoms in total. The maximum absolute atomic E-state index is 11.8. The van der Waals surface area contributed by atoms with E-state index in [1.165, 1.54) is 13.3 Å². The molecule has 110 valence electrons. The first-order valence-electron chi connectivity index (χ1n) is 6.40. The Hall–Kier alpha value is -1.86. The number of carbonyl (C=O) groups is 1. The Morgan fingerprint density at radius 2 is 2.40 bits per heavy atom. The number of hydrogen-bond donors (Lipinski definition) is 2. The molecule has 2 atom stereocenters. The number of rotatable bonds is 3. The first-order chi connectivity index (χ1) is 9.55. The molecule has 2 heterocycles. The fraction of sp³-hybridized carbons (Fsp3) is 0.538. The summed E-state index contributed by atoms with van der Waals surface area (Å²) >= 11 is 0. The fourth-order valence-corrected chi connectivity index (χ4v) is 2.30. The summed E-state index contributed by atoms with van der Waals surface area (Å²) < 4.78 is 10.3. The second-order valence-corrected chi connectivity index (χ2v) is 4.79. The number of nitrogens with two attached hydrogens (primary N) is 1. The van der Waals surface area contributed by atoms with Crippen molar-refractivity contribution >= 4 is 17.5 Å². The Bertz CT molecular complexity index is 495. The number of methoxy groups -OCH3 is 1. The molecule has 1 aromatic heterocycles. The first kappa shape index (κ1) is 14.5. The normalized spacial score (nSPS) is 22.6. The molecule has 0 saturated carbocycles. The van der Waals surface area contributed by atoms with Gasteiger partial charge in [-0.2, -0.15) is 0 Å². The van der Waals surface area contributed by atoms with Crippen LogP contribution in [0.5, 0.6) is 0 Å². The summed E-state index contributed by atoms with van der Waals surface area (Å²) in [6.45, 7) is 2.87. The number of ether oxygens (including phenoxy) is 2. The van der Waals surface area contributed by atoms with E-state index in [9.17, 15) is 9.90 Å². The van der Waals surface area contributed by atoms with E-state index < -0.39 is 5.97 Å². The van der Waals surface area contributed by atoms with Gasteiger partial charge in [-0.3, -0.25) is 0 Å². The minimum absolute atomic E-state index is 0.0641. The summed E-state index contributed by atoms with van der Waals surface area (Å²) in [5.74, 6) is 0.0131. The molecule has 7 heteroatoms. The lowest BCUT2D eigenvalue weighted by Crippen LogP contribution is -2.48. The van der Waals surface area contributed by atoms with E-state index in [1.807, 2.05) is 11.8 Å². The van der Waals surface area contributed by atoms with Crippen LogP contribution in [-0.2, 0) is 9.47 Å². The van der Waals surface area contributed by atoms with E-state index in [0.717, 1.165) is 0 Å². The Kier molecular flexibility index (Phi) is 4.41. The molecule has 20 heavy (non-hydrogen) atoms. The molecule has 3 N–H and O–H groups in total. The van der Waals surface area contributed by atoms with Crippen LogP contribution in [0.2, 0.25) is 0 Å². The predicted octanol–water partition coefficient (Wildman–Crippen LogP) is 0.0364. The number of carbonyl (C=O) groups excluding carboxylic acids is 1. The molecule has 0 amide bonds. The van der Waals surface area contributed by atoms with Gasteiger partial charge in [0, 0.05) is 13.1 Å². The average Bonchev–Trinajstić information content (AvgIpc) is 2.45. The van der Waals surface area contributed by atoms with Crippen LogP contribution in [0.1, 0.15) is 17.3 Å². The highest BCUT2D eigenvalue weighted by Gasteiger charge is 2.28. The molecule has 2 rings (SSSR count). The van der Waals surface area contributed by atoms with Gasteiger partial charge in [-0.15, -0.1) is 0 Å². The smallest absolute Gasteiger partial charge is 0.341 e. The van der Waals surface area contributed by atoms with Gasteiger partial charge >= 0.3 is 5.97 Å². The molecule has 0 radical (unpaired) electrons. The lowest BCUT2D eigenvalue weighted by atomic mass is 10.1. The van der Waals surface area contributed by atoms with Crippen LogP contribution in [0.25, 0.3) is 0 Å². The number of aliphatic hydroxyl groups is 1. The highest BCUT2D eigenvalue weighted by Crippen LogP contribution is 2.24. The zero-order valence-electron chi connectivity index (χ0n) is 11.6. The first-order valence-corrected chi connectivity index (χ1v) is 6.40. The van der Waals surface area contributed by atoms with Crippen molar-refractivity contribution in [1.82, 2.24) is 4.98 Å². The van der Waals surface area contributed by atoms with Crippen LogP contribution in [0.3, 0.4) is 0 Å². The molecule has 0 spiro atoms. The Labute approximate surface area is 117 Å². The molecule has 0 bridgehead atoms. The molecular weight excluding hydrogens is 262 g/mol. The predicted molar refractivity (Wildman–Crippen MR) is 73.6 cm³/mol. The van der Waals surface area contributed by atoms with Crippen molar-refractivity contribution in [2.24, 2.45) is 0 Å². The monoisotopic (exact) mass is 281 g/mol. The second-order valence-electron chi connectivity index (χ2n) is 4.79. The van der Waals surface area contributed by atoms with Crippen molar-refractivity contribution in [3.05, 3.63) is 17.8 Å². The largest absolute Gasteiger partial charge is 0.465 e. The number of nitrogen functional groups attached to an aromatic ring is 1. The summed E-state index contributed by atoms with van der Waals surface area (Å²) in [5, 5.41) is 9.26. The number of hydrogen-bond acceptors (Lipinski definition) is 7. The molecule has 1 aromatic rings. The number of esters is 1. The Morgan fingerprint density at radius 3 is 3.05 bits per heavy atom. The van der Waals surface area contributed by atoms with E-state index in [-0.39, 0.29) is 18.8 Å². The zero-order chi connectivity index (χ0) is 14.7. The fourth-order valence-electron chi connectivity index (χ4n) is 2.30. The van der Waals surface area contributed by atoms with Gasteiger partial charge in [0.1, 0.15) is 11.4 Å². The summed E-state index contributed by atoms with van der Waals surface area (Å²) in [5.41, 5.74) is 6.39. The molecule has 1 fully saturated rings. The number of anilines is 2. The van der Waals surface area contributed by atoms with Gasteiger partial charge in [-0.1, -0.05) is 0 Å². The second kappa shape index (κ2) is 6.06. The van der Waals surface area contributed by atoms with E-state index >= 15 is 0 Å². The van der Waals surface area contributed by atoms with Crippen LogP contribution in [0, 0.1) is 0 Å². The average molecular weight is 281 g/mol. The third kappa shape index (κ3) is 3.00. The number of pyridine rings is 1. The van der Waals surface area contributed by atoms with Gasteiger partial charge in [-0.25, -0.2) is 9.78 Å². The maximum atomic E-state index is 11.8. The Morgan fingerprint density at radius 1 is 1.65 bits per heavy atom. The summed E-state index contributed by atoms with van der Waals surface area (Å²) in [7, 11) is 1.31. The standard InChI is InChI=1S/C13H19N3O4/c1-8-5-16(6-10(7-17)20-8)12-11(13(18)19-2)3-9(14)4-15-12/h3-4,8,10,17H,5-7,14H2,1-2H3. The molecular formula is C13H19N3O4. The van der Waals surface area contributed by atoms with Crippen molar-refractivity contribution in [2.75, 3.05) is 37.4 Å². The summed E-state index contributed by atoms with van der Waals surface area (Å²) in [6.07, 6.45) is 1.13. The molecule has 0 aromatic carbocycles. The van der Waals surface area contributed by atoms with Crippen molar-refractivity contribution in [3.8, 4) is 0 Å². The van der Waals surface area contributed by atoms with Gasteiger partial charge in [0.05, 0.1) is 37.8 Å². The van der Waals surface area contributed by atoms with Gasteiger partial charge in [0.25, 0.3) is 0 Å². The van der Waals surface area contributed by atoms with Crippen molar-refractivity contribution in [3.63, 3.8) is 0 Å². The van der Waals surface area contributed by atoms with E-state index in [0.29, 0.717) is 30.2 Å². The van der Waals surface area contributed by atoms with Crippen LogP contribution in [0.15, 0.2) is 12.3 Å². The SMILES string of the molecule is COC(=O)c1cc(N)cnc1N1CC(C)OC(CO)C1. The van der Waals surface area contributed by atoms with Crippen LogP contribution < -0.4 is 10.6 Å². The maximum Gasteiger partial charge on any atom is 0.341 e. The highest BCUT2D eigenvalue weighted by molar-refractivity contribution is 5.95. The topological polar surface area (TPSA) is 97.9 Å². The van der Waals surface area contributed by atoms with Crippen molar-refractivity contribution < 1.29 is 19.4 Å². The van der Waals surface area contributed by atoms with E-state index in [2.05, 4.69) is 4.98 Å². The lowest BCUT2D eigenvalue weighted by molar-refractivity contribution is -0.0423. The van der Waals surface area contributed by atoms with E-state index in [1.54, 1.807) is 6.07 Å². The summed E-state index contributed by atoms with van der Waals surface area (Å²) in [4.78, 5) is 18.0. The van der Waals surface area contributed by atoms with Gasteiger partial charge in [0.15, 0.2) is 0 Å². The molecule has 0 aliphatic carbocycles. The van der Waals surface area contributed by atoms with Gasteiger partial charge in [-0.05, 0) is 13.0 Å².